The fourth-order valence-corrected chi connectivity index (χ4v) is 5.62. The molecule has 0 atom stereocenters. The SMILES string of the molecule is Cc1ccc2c3cccc4c(N(c5ccccc5)c5ccccc5)ccc(c5cccc1c25)c43. The van der Waals surface area contributed by atoms with Crippen molar-refractivity contribution in [3.63, 3.8) is 0 Å². The van der Waals surface area contributed by atoms with E-state index in [0.29, 0.717) is 0 Å². The molecule has 7 aromatic carbocycles. The maximum atomic E-state index is 2.37. The van der Waals surface area contributed by atoms with Crippen molar-refractivity contribution < 1.29 is 0 Å². The van der Waals surface area contributed by atoms with Crippen molar-refractivity contribution in [3.8, 4) is 0 Å². The van der Waals surface area contributed by atoms with Gasteiger partial charge in [0.05, 0.1) is 5.69 Å². The van der Waals surface area contributed by atoms with Gasteiger partial charge in [-0.2, -0.15) is 0 Å². The number of hydrogen-bond donors (Lipinski definition) is 0. The molecular formula is C33H23N. The summed E-state index contributed by atoms with van der Waals surface area (Å²) in [6.07, 6.45) is 0. The molecule has 7 aromatic rings. The summed E-state index contributed by atoms with van der Waals surface area (Å²) in [6, 6.07) is 44.0. The van der Waals surface area contributed by atoms with Crippen molar-refractivity contribution in [3.05, 3.63) is 127 Å². The molecule has 0 saturated heterocycles. The van der Waals surface area contributed by atoms with Gasteiger partial charge in [0.1, 0.15) is 0 Å². The fraction of sp³-hybridized carbons (Fsp3) is 0.0303. The third-order valence-electron chi connectivity index (χ3n) is 7.13. The minimum Gasteiger partial charge on any atom is -0.310 e. The Morgan fingerprint density at radius 2 is 0.853 bits per heavy atom. The first-order chi connectivity index (χ1) is 16.8. The molecule has 1 nitrogen and oxygen atoms in total. The largest absolute Gasteiger partial charge is 0.310 e. The third-order valence-corrected chi connectivity index (χ3v) is 7.13. The number of benzene rings is 7. The number of aryl methyl sites for hydroxylation is 1. The zero-order valence-corrected chi connectivity index (χ0v) is 19.0. The Balaban J connectivity index is 1.64. The highest BCUT2D eigenvalue weighted by molar-refractivity contribution is 6.34. The number of rotatable bonds is 3. The lowest BCUT2D eigenvalue weighted by Crippen LogP contribution is -2.10. The maximum absolute atomic E-state index is 2.37. The van der Waals surface area contributed by atoms with Crippen molar-refractivity contribution in [1.29, 1.82) is 0 Å². The highest BCUT2D eigenvalue weighted by Gasteiger charge is 2.19. The average Bonchev–Trinajstić information content (AvgIpc) is 2.90. The first kappa shape index (κ1) is 19.1. The van der Waals surface area contributed by atoms with Gasteiger partial charge in [-0.15, -0.1) is 0 Å². The van der Waals surface area contributed by atoms with E-state index in [2.05, 4.69) is 133 Å². The predicted octanol–water partition coefficient (Wildman–Crippen LogP) is 9.52. The lowest BCUT2D eigenvalue weighted by Gasteiger charge is -2.27. The number of hydrogen-bond acceptors (Lipinski definition) is 1. The van der Waals surface area contributed by atoms with Gasteiger partial charge in [0.2, 0.25) is 0 Å². The Labute approximate surface area is 198 Å². The predicted molar refractivity (Wildman–Crippen MR) is 147 cm³/mol. The molecule has 0 unspecified atom stereocenters. The van der Waals surface area contributed by atoms with Crippen LogP contribution in [0.1, 0.15) is 5.56 Å². The number of nitrogens with zero attached hydrogens (tertiary/aromatic N) is 1. The molecule has 0 aliphatic carbocycles. The number of fused-ring (bicyclic) bond motifs is 2. The van der Waals surface area contributed by atoms with E-state index in [1.165, 1.54) is 54.3 Å². The van der Waals surface area contributed by atoms with Crippen LogP contribution in [0.25, 0.3) is 43.1 Å². The Bertz CT molecular complexity index is 1740. The van der Waals surface area contributed by atoms with Crippen molar-refractivity contribution in [1.82, 2.24) is 0 Å². The molecule has 0 fully saturated rings. The molecule has 0 aliphatic rings. The van der Waals surface area contributed by atoms with E-state index in [1.54, 1.807) is 0 Å². The van der Waals surface area contributed by atoms with E-state index < -0.39 is 0 Å². The van der Waals surface area contributed by atoms with Crippen LogP contribution in [0.5, 0.6) is 0 Å². The first-order valence-corrected chi connectivity index (χ1v) is 11.8. The van der Waals surface area contributed by atoms with Crippen LogP contribution in [-0.2, 0) is 0 Å². The van der Waals surface area contributed by atoms with Crippen LogP contribution in [0.15, 0.2) is 121 Å². The average molecular weight is 434 g/mol. The topological polar surface area (TPSA) is 3.24 Å². The van der Waals surface area contributed by atoms with Gasteiger partial charge in [-0.1, -0.05) is 91.0 Å². The Kier molecular flexibility index (Phi) is 4.13. The summed E-state index contributed by atoms with van der Waals surface area (Å²) >= 11 is 0. The summed E-state index contributed by atoms with van der Waals surface area (Å²) in [7, 11) is 0. The minimum atomic E-state index is 1.16. The van der Waals surface area contributed by atoms with E-state index in [0.717, 1.165) is 11.4 Å². The van der Waals surface area contributed by atoms with Crippen LogP contribution >= 0.6 is 0 Å². The molecule has 1 heteroatoms. The molecule has 34 heavy (non-hydrogen) atoms. The Morgan fingerprint density at radius 3 is 1.47 bits per heavy atom. The van der Waals surface area contributed by atoms with Crippen LogP contribution < -0.4 is 4.90 Å². The molecule has 0 bridgehead atoms. The summed E-state index contributed by atoms with van der Waals surface area (Å²) in [5, 5.41) is 10.6. The lowest BCUT2D eigenvalue weighted by molar-refractivity contribution is 1.30. The maximum Gasteiger partial charge on any atom is 0.0540 e. The Morgan fingerprint density at radius 1 is 0.382 bits per heavy atom. The summed E-state index contributed by atoms with van der Waals surface area (Å²) < 4.78 is 0. The van der Waals surface area contributed by atoms with Crippen LogP contribution in [0.4, 0.5) is 17.1 Å². The normalized spacial score (nSPS) is 11.7. The molecule has 0 aromatic heterocycles. The van der Waals surface area contributed by atoms with Gasteiger partial charge in [0.15, 0.2) is 0 Å². The smallest absolute Gasteiger partial charge is 0.0540 e. The number of para-hydroxylation sites is 2. The molecule has 0 saturated carbocycles. The number of anilines is 3. The second-order valence-corrected chi connectivity index (χ2v) is 9.03. The monoisotopic (exact) mass is 433 g/mol. The summed E-state index contributed by atoms with van der Waals surface area (Å²) in [4.78, 5) is 2.37. The lowest BCUT2D eigenvalue weighted by atomic mass is 9.88. The van der Waals surface area contributed by atoms with Crippen LogP contribution in [-0.4, -0.2) is 0 Å². The van der Waals surface area contributed by atoms with Gasteiger partial charge in [-0.05, 0) is 80.5 Å². The first-order valence-electron chi connectivity index (χ1n) is 11.8. The summed E-state index contributed by atoms with van der Waals surface area (Å²) in [6.45, 7) is 2.21. The van der Waals surface area contributed by atoms with Gasteiger partial charge in [-0.3, -0.25) is 0 Å². The molecule has 0 amide bonds. The zero-order valence-electron chi connectivity index (χ0n) is 19.0. The van der Waals surface area contributed by atoms with E-state index in [-0.39, 0.29) is 0 Å². The van der Waals surface area contributed by atoms with Crippen molar-refractivity contribution in [2.75, 3.05) is 4.90 Å². The highest BCUT2D eigenvalue weighted by Crippen LogP contribution is 2.46. The van der Waals surface area contributed by atoms with Gasteiger partial charge < -0.3 is 4.90 Å². The second kappa shape index (κ2) is 7.33. The molecule has 0 radical (unpaired) electrons. The fourth-order valence-electron chi connectivity index (χ4n) is 5.62. The highest BCUT2D eigenvalue weighted by atomic mass is 15.1. The van der Waals surface area contributed by atoms with Gasteiger partial charge in [0, 0.05) is 16.8 Å². The van der Waals surface area contributed by atoms with E-state index >= 15 is 0 Å². The van der Waals surface area contributed by atoms with Crippen molar-refractivity contribution in [2.45, 2.75) is 6.92 Å². The van der Waals surface area contributed by atoms with E-state index in [1.807, 2.05) is 0 Å². The van der Waals surface area contributed by atoms with Gasteiger partial charge in [-0.25, -0.2) is 0 Å². The van der Waals surface area contributed by atoms with E-state index in [4.69, 9.17) is 0 Å². The van der Waals surface area contributed by atoms with Crippen molar-refractivity contribution in [2.24, 2.45) is 0 Å². The quantitative estimate of drug-likeness (QED) is 0.198. The second-order valence-electron chi connectivity index (χ2n) is 9.03. The van der Waals surface area contributed by atoms with Crippen LogP contribution in [0, 0.1) is 6.92 Å². The molecular weight excluding hydrogens is 410 g/mol. The van der Waals surface area contributed by atoms with Crippen molar-refractivity contribution >= 4 is 60.2 Å². The van der Waals surface area contributed by atoms with Gasteiger partial charge in [0.25, 0.3) is 0 Å². The molecule has 160 valence electrons. The van der Waals surface area contributed by atoms with Gasteiger partial charge >= 0.3 is 0 Å². The standard InChI is InChI=1S/C33H23N/c1-22-18-19-28-27-16-9-17-30-31(21-20-29(33(27)30)26-15-8-14-25(22)32(26)28)34(23-10-4-2-5-11-23)24-12-6-3-7-13-24/h2-21H,1H3. The minimum absolute atomic E-state index is 1.16. The van der Waals surface area contributed by atoms with Crippen LogP contribution in [0.2, 0.25) is 0 Å². The molecule has 0 spiro atoms. The molecule has 0 heterocycles. The molecule has 7 rings (SSSR count). The van der Waals surface area contributed by atoms with Crippen LogP contribution in [0.3, 0.4) is 0 Å². The summed E-state index contributed by atoms with van der Waals surface area (Å²) in [5.74, 6) is 0. The third kappa shape index (κ3) is 2.67. The Hall–Kier alpha value is -4.36. The molecule has 0 N–H and O–H groups in total. The summed E-state index contributed by atoms with van der Waals surface area (Å²) in [5.41, 5.74) is 4.83. The zero-order chi connectivity index (χ0) is 22.6. The molecule has 0 aliphatic heterocycles. The van der Waals surface area contributed by atoms with E-state index in [9.17, 15) is 0 Å².